The summed E-state index contributed by atoms with van der Waals surface area (Å²) in [6, 6.07) is 1.66. The van der Waals surface area contributed by atoms with Crippen molar-refractivity contribution in [1.82, 2.24) is 9.78 Å². The summed E-state index contributed by atoms with van der Waals surface area (Å²) in [5.41, 5.74) is -0.655. The van der Waals surface area contributed by atoms with Crippen molar-refractivity contribution < 1.29 is 13.2 Å². The highest BCUT2D eigenvalue weighted by Gasteiger charge is 2.32. The van der Waals surface area contributed by atoms with Crippen LogP contribution in [0.3, 0.4) is 0 Å². The van der Waals surface area contributed by atoms with E-state index in [1.807, 2.05) is 22.6 Å². The molecule has 0 N–H and O–H groups in total. The van der Waals surface area contributed by atoms with Gasteiger partial charge >= 0.3 is 6.18 Å². The van der Waals surface area contributed by atoms with Crippen LogP contribution in [-0.4, -0.2) is 9.78 Å². The number of rotatable bonds is 1. The van der Waals surface area contributed by atoms with Crippen LogP contribution in [0.1, 0.15) is 5.56 Å². The maximum absolute atomic E-state index is 12.5. The van der Waals surface area contributed by atoms with Crippen LogP contribution in [0.2, 0.25) is 10.0 Å². The molecular weight excluding hydrogens is 403 g/mol. The van der Waals surface area contributed by atoms with Crippen molar-refractivity contribution >= 4 is 45.8 Å². The summed E-state index contributed by atoms with van der Waals surface area (Å²) in [6.45, 7) is 0. The first-order valence-corrected chi connectivity index (χ1v) is 6.39. The van der Waals surface area contributed by atoms with E-state index in [2.05, 4.69) is 5.10 Å². The van der Waals surface area contributed by atoms with Gasteiger partial charge in [0.15, 0.2) is 0 Å². The van der Waals surface area contributed by atoms with Crippen LogP contribution in [0.15, 0.2) is 24.5 Å². The third-order valence-corrected chi connectivity index (χ3v) is 3.26. The zero-order chi connectivity index (χ0) is 13.5. The lowest BCUT2D eigenvalue weighted by molar-refractivity contribution is -0.137. The second kappa shape index (κ2) is 4.90. The molecule has 0 saturated carbocycles. The molecule has 0 unspecified atom stereocenters. The Kier molecular flexibility index (Phi) is 3.80. The number of aromatic nitrogens is 2. The number of alkyl halides is 3. The molecule has 0 radical (unpaired) electrons. The third kappa shape index (κ3) is 2.75. The molecule has 0 fully saturated rings. The van der Waals surface area contributed by atoms with Gasteiger partial charge in [0.2, 0.25) is 0 Å². The van der Waals surface area contributed by atoms with Gasteiger partial charge < -0.3 is 0 Å². The summed E-state index contributed by atoms with van der Waals surface area (Å²) in [7, 11) is 0. The molecule has 0 aliphatic rings. The minimum atomic E-state index is -4.48. The Balaban J connectivity index is 2.58. The predicted octanol–water partition coefficient (Wildman–Crippen LogP) is 4.80. The van der Waals surface area contributed by atoms with Crippen LogP contribution in [0.5, 0.6) is 0 Å². The van der Waals surface area contributed by atoms with Crippen molar-refractivity contribution in [2.45, 2.75) is 6.18 Å². The Morgan fingerprint density at radius 3 is 2.11 bits per heavy atom. The van der Waals surface area contributed by atoms with E-state index in [1.54, 1.807) is 12.4 Å². The van der Waals surface area contributed by atoms with E-state index >= 15 is 0 Å². The van der Waals surface area contributed by atoms with Crippen LogP contribution < -0.4 is 0 Å². The fraction of sp³-hybridized carbons (Fsp3) is 0.100. The van der Waals surface area contributed by atoms with Crippen LogP contribution >= 0.6 is 45.8 Å². The van der Waals surface area contributed by atoms with Gasteiger partial charge in [-0.2, -0.15) is 18.3 Å². The molecule has 8 heteroatoms. The van der Waals surface area contributed by atoms with E-state index in [0.29, 0.717) is 0 Å². The first-order chi connectivity index (χ1) is 8.29. The van der Waals surface area contributed by atoms with E-state index in [9.17, 15) is 13.2 Å². The van der Waals surface area contributed by atoms with Crippen LogP contribution in [0, 0.1) is 3.57 Å². The highest BCUT2D eigenvalue weighted by molar-refractivity contribution is 14.1. The summed E-state index contributed by atoms with van der Waals surface area (Å²) in [4.78, 5) is 0. The number of hydrogen-bond donors (Lipinski definition) is 0. The van der Waals surface area contributed by atoms with Crippen LogP contribution in [0.4, 0.5) is 13.2 Å². The molecule has 0 saturated heterocycles. The first-order valence-electron chi connectivity index (χ1n) is 4.56. The number of halogens is 6. The Morgan fingerprint density at radius 2 is 1.72 bits per heavy atom. The Hall–Kier alpha value is -0.470. The monoisotopic (exact) mass is 406 g/mol. The molecule has 0 spiro atoms. The normalized spacial score (nSPS) is 11.9. The standard InChI is InChI=1S/C10H4Cl2F3IN2/c11-7-1-5(10(13,14)15)2-8(12)9(7)18-4-6(16)3-17-18/h1-4H. The minimum Gasteiger partial charge on any atom is -0.237 e. The van der Waals surface area contributed by atoms with Gasteiger partial charge in [-0.1, -0.05) is 23.2 Å². The van der Waals surface area contributed by atoms with Crippen molar-refractivity contribution in [3.8, 4) is 5.69 Å². The van der Waals surface area contributed by atoms with E-state index in [4.69, 9.17) is 23.2 Å². The second-order valence-corrected chi connectivity index (χ2v) is 5.45. The van der Waals surface area contributed by atoms with Crippen molar-refractivity contribution in [3.63, 3.8) is 0 Å². The van der Waals surface area contributed by atoms with Crippen LogP contribution in [-0.2, 0) is 6.18 Å². The maximum atomic E-state index is 12.5. The Labute approximate surface area is 124 Å². The SMILES string of the molecule is FC(F)(F)c1cc(Cl)c(-n2cc(I)cn2)c(Cl)c1. The molecule has 1 heterocycles. The number of hydrogen-bond acceptors (Lipinski definition) is 1. The molecule has 0 aliphatic heterocycles. The smallest absolute Gasteiger partial charge is 0.237 e. The molecule has 2 aromatic rings. The predicted molar refractivity (Wildman–Crippen MR) is 71.3 cm³/mol. The number of benzene rings is 1. The van der Waals surface area contributed by atoms with Crippen molar-refractivity contribution in [2.75, 3.05) is 0 Å². The highest BCUT2D eigenvalue weighted by Crippen LogP contribution is 2.37. The molecule has 0 aliphatic carbocycles. The summed E-state index contributed by atoms with van der Waals surface area (Å²) in [6.07, 6.45) is -1.32. The summed E-state index contributed by atoms with van der Waals surface area (Å²) >= 11 is 13.7. The van der Waals surface area contributed by atoms with Crippen LogP contribution in [0.25, 0.3) is 5.69 Å². The van der Waals surface area contributed by atoms with Gasteiger partial charge in [0.05, 0.1) is 25.4 Å². The highest BCUT2D eigenvalue weighted by atomic mass is 127. The first kappa shape index (κ1) is 14.0. The van der Waals surface area contributed by atoms with E-state index in [-0.39, 0.29) is 15.7 Å². The molecule has 0 bridgehead atoms. The molecule has 0 amide bonds. The van der Waals surface area contributed by atoms with E-state index in [1.165, 1.54) is 4.68 Å². The van der Waals surface area contributed by atoms with Gasteiger partial charge in [-0.15, -0.1) is 0 Å². The fourth-order valence-electron chi connectivity index (χ4n) is 1.37. The van der Waals surface area contributed by atoms with Gasteiger partial charge in [0.25, 0.3) is 0 Å². The summed E-state index contributed by atoms with van der Waals surface area (Å²) in [5.74, 6) is 0. The topological polar surface area (TPSA) is 17.8 Å². The molecule has 1 aromatic heterocycles. The molecule has 1 aromatic carbocycles. The van der Waals surface area contributed by atoms with Gasteiger partial charge in [0, 0.05) is 6.20 Å². The van der Waals surface area contributed by atoms with E-state index in [0.717, 1.165) is 15.7 Å². The van der Waals surface area contributed by atoms with Crippen molar-refractivity contribution in [3.05, 3.63) is 43.7 Å². The largest absolute Gasteiger partial charge is 0.416 e. The van der Waals surface area contributed by atoms with E-state index < -0.39 is 11.7 Å². The molecule has 2 nitrogen and oxygen atoms in total. The third-order valence-electron chi connectivity index (χ3n) is 2.12. The molecule has 2 rings (SSSR count). The zero-order valence-corrected chi connectivity index (χ0v) is 12.1. The quantitative estimate of drug-likeness (QED) is 0.622. The lowest BCUT2D eigenvalue weighted by Crippen LogP contribution is -2.06. The van der Waals surface area contributed by atoms with Gasteiger partial charge in [-0.05, 0) is 34.7 Å². The molecule has 96 valence electrons. The van der Waals surface area contributed by atoms with Gasteiger partial charge in [-0.25, -0.2) is 4.68 Å². The minimum absolute atomic E-state index is 0.102. The van der Waals surface area contributed by atoms with Crippen molar-refractivity contribution in [2.24, 2.45) is 0 Å². The lowest BCUT2D eigenvalue weighted by atomic mass is 10.2. The molecule has 18 heavy (non-hydrogen) atoms. The van der Waals surface area contributed by atoms with Gasteiger partial charge in [-0.3, -0.25) is 0 Å². The maximum Gasteiger partial charge on any atom is 0.416 e. The Bertz CT molecular complexity index is 572. The number of nitrogens with zero attached hydrogens (tertiary/aromatic N) is 2. The molecule has 0 atom stereocenters. The van der Waals surface area contributed by atoms with Gasteiger partial charge in [0.1, 0.15) is 5.69 Å². The Morgan fingerprint density at radius 1 is 1.17 bits per heavy atom. The summed E-state index contributed by atoms with van der Waals surface area (Å²) < 4.78 is 39.8. The molecular formula is C10H4Cl2F3IN2. The zero-order valence-electron chi connectivity index (χ0n) is 8.47. The average molecular weight is 407 g/mol. The fourth-order valence-corrected chi connectivity index (χ4v) is 2.42. The second-order valence-electron chi connectivity index (χ2n) is 3.39. The lowest BCUT2D eigenvalue weighted by Gasteiger charge is -2.12. The van der Waals surface area contributed by atoms with Crippen molar-refractivity contribution in [1.29, 1.82) is 0 Å². The average Bonchev–Trinajstić information content (AvgIpc) is 2.62. The summed E-state index contributed by atoms with van der Waals surface area (Å²) in [5, 5.41) is 3.75.